The van der Waals surface area contributed by atoms with E-state index in [1.165, 1.54) is 0 Å². The topological polar surface area (TPSA) is 75.4 Å². The lowest BCUT2D eigenvalue weighted by atomic mass is 10.2. The summed E-state index contributed by atoms with van der Waals surface area (Å²) in [5.74, 6) is 1.08. The van der Waals surface area contributed by atoms with Gasteiger partial charge in [0.25, 0.3) is 5.69 Å². The molecule has 1 aromatic carbocycles. The quantitative estimate of drug-likeness (QED) is 0.432. The summed E-state index contributed by atoms with van der Waals surface area (Å²) in [6.45, 7) is 0.677. The Bertz CT molecular complexity index is 404. The van der Waals surface area contributed by atoms with E-state index in [-0.39, 0.29) is 18.0 Å². The predicted octanol–water partition coefficient (Wildman–Crippen LogP) is 2.26. The molecule has 0 aromatic heterocycles. The Kier molecular flexibility index (Phi) is 6.45. The van der Waals surface area contributed by atoms with Crippen LogP contribution in [0.15, 0.2) is 18.2 Å². The van der Waals surface area contributed by atoms with Gasteiger partial charge in [0.05, 0.1) is 4.92 Å². The standard InChI is InChI=1S/C11H15FN2O3S/c12-9-2-3-11(14(16)17)10(8-9)13-4-7-18-6-1-5-15/h2-3,8,13,15H,1,4-7H2. The summed E-state index contributed by atoms with van der Waals surface area (Å²) in [6.07, 6.45) is 0.727. The fraction of sp³-hybridized carbons (Fsp3) is 0.455. The van der Waals surface area contributed by atoms with E-state index in [9.17, 15) is 14.5 Å². The summed E-state index contributed by atoms with van der Waals surface area (Å²) in [7, 11) is 0. The van der Waals surface area contributed by atoms with E-state index >= 15 is 0 Å². The predicted molar refractivity (Wildman–Crippen MR) is 70.6 cm³/mol. The zero-order valence-corrected chi connectivity index (χ0v) is 10.6. The second-order valence-electron chi connectivity index (χ2n) is 3.53. The minimum absolute atomic E-state index is 0.128. The number of nitro benzene ring substituents is 1. The van der Waals surface area contributed by atoms with Crippen molar-refractivity contribution in [3.05, 3.63) is 34.1 Å². The third kappa shape index (κ3) is 4.89. The molecule has 0 saturated carbocycles. The number of hydrogen-bond donors (Lipinski definition) is 2. The number of hydrogen-bond acceptors (Lipinski definition) is 5. The van der Waals surface area contributed by atoms with E-state index in [1.54, 1.807) is 11.8 Å². The molecule has 0 aliphatic heterocycles. The van der Waals surface area contributed by atoms with Gasteiger partial charge in [0.15, 0.2) is 0 Å². The average Bonchev–Trinajstić information content (AvgIpc) is 2.33. The number of halogens is 1. The molecule has 0 aliphatic rings. The van der Waals surface area contributed by atoms with Crippen molar-refractivity contribution < 1.29 is 14.4 Å². The minimum Gasteiger partial charge on any atom is -0.396 e. The number of aliphatic hydroxyl groups is 1. The summed E-state index contributed by atoms with van der Waals surface area (Å²) in [5.41, 5.74) is 0.0690. The Morgan fingerprint density at radius 1 is 1.44 bits per heavy atom. The van der Waals surface area contributed by atoms with Crippen LogP contribution in [0.25, 0.3) is 0 Å². The summed E-state index contributed by atoms with van der Waals surface area (Å²) in [5, 5.41) is 22.1. The molecular weight excluding hydrogens is 259 g/mol. The van der Waals surface area contributed by atoms with E-state index in [1.807, 2.05) is 0 Å². The maximum absolute atomic E-state index is 13.0. The van der Waals surface area contributed by atoms with Crippen molar-refractivity contribution in [3.8, 4) is 0 Å². The Hall–Kier alpha value is -1.34. The second-order valence-corrected chi connectivity index (χ2v) is 4.76. The highest BCUT2D eigenvalue weighted by Gasteiger charge is 2.13. The normalized spacial score (nSPS) is 10.3. The first kappa shape index (κ1) is 14.7. The molecule has 100 valence electrons. The molecule has 5 nitrogen and oxygen atoms in total. The number of aliphatic hydroxyl groups excluding tert-OH is 1. The monoisotopic (exact) mass is 274 g/mol. The fourth-order valence-corrected chi connectivity index (χ4v) is 2.12. The first-order chi connectivity index (χ1) is 8.65. The molecule has 0 spiro atoms. The molecule has 7 heteroatoms. The summed E-state index contributed by atoms with van der Waals surface area (Å²) in [4.78, 5) is 10.2. The lowest BCUT2D eigenvalue weighted by Gasteiger charge is -2.06. The van der Waals surface area contributed by atoms with Crippen molar-refractivity contribution in [2.24, 2.45) is 0 Å². The van der Waals surface area contributed by atoms with Crippen LogP contribution in [-0.4, -0.2) is 34.7 Å². The number of nitrogens with one attached hydrogen (secondary N) is 1. The fourth-order valence-electron chi connectivity index (χ4n) is 1.34. The molecule has 0 aliphatic carbocycles. The largest absolute Gasteiger partial charge is 0.396 e. The SMILES string of the molecule is O=[N+]([O-])c1ccc(F)cc1NCCSCCCO. The van der Waals surface area contributed by atoms with Crippen LogP contribution in [0.5, 0.6) is 0 Å². The van der Waals surface area contributed by atoms with Gasteiger partial charge in [-0.1, -0.05) is 0 Å². The van der Waals surface area contributed by atoms with E-state index in [2.05, 4.69) is 5.32 Å². The molecule has 0 heterocycles. The highest BCUT2D eigenvalue weighted by Crippen LogP contribution is 2.24. The Balaban J connectivity index is 2.45. The van der Waals surface area contributed by atoms with E-state index < -0.39 is 10.7 Å². The number of nitrogens with zero attached hydrogens (tertiary/aromatic N) is 1. The molecule has 0 radical (unpaired) electrons. The molecule has 0 bridgehead atoms. The van der Waals surface area contributed by atoms with Crippen LogP contribution >= 0.6 is 11.8 Å². The van der Waals surface area contributed by atoms with Crippen molar-refractivity contribution in [3.63, 3.8) is 0 Å². The first-order valence-electron chi connectivity index (χ1n) is 5.51. The van der Waals surface area contributed by atoms with Crippen LogP contribution in [0.4, 0.5) is 15.8 Å². The number of anilines is 1. The molecular formula is C11H15FN2O3S. The van der Waals surface area contributed by atoms with Crippen LogP contribution in [0.3, 0.4) is 0 Å². The highest BCUT2D eigenvalue weighted by molar-refractivity contribution is 7.99. The van der Waals surface area contributed by atoms with Crippen LogP contribution in [-0.2, 0) is 0 Å². The van der Waals surface area contributed by atoms with E-state index in [0.717, 1.165) is 36.1 Å². The van der Waals surface area contributed by atoms with Gasteiger partial charge in [-0.25, -0.2) is 4.39 Å². The molecule has 1 aromatic rings. The minimum atomic E-state index is -0.541. The van der Waals surface area contributed by atoms with Crippen molar-refractivity contribution in [2.75, 3.05) is 30.0 Å². The summed E-state index contributed by atoms with van der Waals surface area (Å²) < 4.78 is 13.0. The number of rotatable bonds is 8. The van der Waals surface area contributed by atoms with E-state index in [4.69, 9.17) is 5.11 Å². The summed E-state index contributed by atoms with van der Waals surface area (Å²) in [6, 6.07) is 3.34. The van der Waals surface area contributed by atoms with Gasteiger partial charge in [0.2, 0.25) is 0 Å². The van der Waals surface area contributed by atoms with Gasteiger partial charge in [-0.2, -0.15) is 11.8 Å². The smallest absolute Gasteiger partial charge is 0.292 e. The lowest BCUT2D eigenvalue weighted by Crippen LogP contribution is -2.07. The van der Waals surface area contributed by atoms with Crippen molar-refractivity contribution in [2.45, 2.75) is 6.42 Å². The second kappa shape index (κ2) is 7.88. The highest BCUT2D eigenvalue weighted by atomic mass is 32.2. The molecule has 0 unspecified atom stereocenters. The van der Waals surface area contributed by atoms with Gasteiger partial charge >= 0.3 is 0 Å². The number of nitro groups is 1. The van der Waals surface area contributed by atoms with Gasteiger partial charge in [0.1, 0.15) is 11.5 Å². The van der Waals surface area contributed by atoms with E-state index in [0.29, 0.717) is 6.54 Å². The zero-order chi connectivity index (χ0) is 13.4. The molecule has 1 rings (SSSR count). The van der Waals surface area contributed by atoms with Gasteiger partial charge in [-0.05, 0) is 18.2 Å². The van der Waals surface area contributed by atoms with Crippen molar-refractivity contribution >= 4 is 23.1 Å². The third-order valence-corrected chi connectivity index (χ3v) is 3.23. The molecule has 0 amide bonds. The maximum atomic E-state index is 13.0. The zero-order valence-electron chi connectivity index (χ0n) is 9.76. The Morgan fingerprint density at radius 2 is 2.22 bits per heavy atom. The summed E-state index contributed by atoms with van der Waals surface area (Å²) >= 11 is 1.63. The van der Waals surface area contributed by atoms with Crippen molar-refractivity contribution in [1.82, 2.24) is 0 Å². The lowest BCUT2D eigenvalue weighted by molar-refractivity contribution is -0.384. The molecule has 18 heavy (non-hydrogen) atoms. The molecule has 0 saturated heterocycles. The van der Waals surface area contributed by atoms with Crippen molar-refractivity contribution in [1.29, 1.82) is 0 Å². The van der Waals surface area contributed by atoms with Crippen LogP contribution in [0, 0.1) is 15.9 Å². The third-order valence-electron chi connectivity index (χ3n) is 2.16. The molecule has 2 N–H and O–H groups in total. The van der Waals surface area contributed by atoms with Crippen LogP contribution in [0.2, 0.25) is 0 Å². The Labute approximate surface area is 109 Å². The number of benzene rings is 1. The van der Waals surface area contributed by atoms with Gasteiger partial charge < -0.3 is 10.4 Å². The average molecular weight is 274 g/mol. The molecule has 0 atom stereocenters. The van der Waals surface area contributed by atoms with Gasteiger partial charge in [-0.15, -0.1) is 0 Å². The molecule has 0 fully saturated rings. The van der Waals surface area contributed by atoms with Crippen LogP contribution in [0.1, 0.15) is 6.42 Å². The maximum Gasteiger partial charge on any atom is 0.292 e. The van der Waals surface area contributed by atoms with Gasteiger partial charge in [-0.3, -0.25) is 10.1 Å². The first-order valence-corrected chi connectivity index (χ1v) is 6.67. The van der Waals surface area contributed by atoms with Gasteiger partial charge in [0, 0.05) is 31.0 Å². The number of thioether (sulfide) groups is 1. The van der Waals surface area contributed by atoms with Crippen LogP contribution < -0.4 is 5.32 Å². The Morgan fingerprint density at radius 3 is 2.89 bits per heavy atom.